The van der Waals surface area contributed by atoms with Gasteiger partial charge in [-0.15, -0.1) is 0 Å². The second-order valence-electron chi connectivity index (χ2n) is 21.7. The smallest absolute Gasteiger partial charge is 0.414 e. The maximum absolute atomic E-state index is 12.4. The number of halogens is 1. The third-order valence-corrected chi connectivity index (χ3v) is 17.8. The van der Waals surface area contributed by atoms with Crippen molar-refractivity contribution < 1.29 is 60.1 Å². The highest BCUT2D eigenvalue weighted by Gasteiger charge is 2.38. The van der Waals surface area contributed by atoms with Crippen LogP contribution in [0, 0.1) is 10.5 Å². The first-order valence-corrected chi connectivity index (χ1v) is 30.9. The summed E-state index contributed by atoms with van der Waals surface area (Å²) in [6.07, 6.45) is 12.6. The minimum absolute atomic E-state index is 0.0410. The molecule has 3 aromatic rings. The predicted octanol–water partition coefficient (Wildman–Crippen LogP) is 6.66. The molecule has 20 nitrogen and oxygen atoms in total. The molecule has 3 atom stereocenters. The Morgan fingerprint density at radius 3 is 1.54 bits per heavy atom. The Morgan fingerprint density at radius 1 is 0.570 bits per heavy atom. The van der Waals surface area contributed by atoms with E-state index >= 15 is 0 Å². The van der Waals surface area contributed by atoms with E-state index < -0.39 is 22.3 Å². The highest BCUT2D eigenvalue weighted by Crippen LogP contribution is 2.34. The molecule has 3 aromatic carbocycles. The molecule has 0 unspecified atom stereocenters. The third-order valence-electron chi connectivity index (χ3n) is 15.8. The fourth-order valence-electron chi connectivity index (χ4n) is 11.1. The van der Waals surface area contributed by atoms with Crippen molar-refractivity contribution in [1.29, 1.82) is 0 Å². The van der Waals surface area contributed by atoms with Crippen molar-refractivity contribution >= 4 is 56.7 Å². The van der Waals surface area contributed by atoms with E-state index in [1.807, 2.05) is 31.2 Å². The molecule has 2 saturated carbocycles. The Kier molecular flexibility index (Phi) is 22.0. The standard InChI is InChI=1S/C23H33N3O4.C15H20INO.C11H13NO5S.C8H14N2O3/c27-23-26(20(17-29-23)16-24-10-12-28-13-11-24)18-4-6-21(7-5-18)30-22-14-19(15-22)25-8-2-1-3-9-25;16-12-4-6-14(7-5-12)18-15-10-13(11-15)17-8-2-1-3-9-17;1-8-2-4-10(5-3-8)18(14,15)17-7-9-6-16-11(13)12-9;11-8-9-7(6-13-8)5-10-1-3-12-4-2-10/h4-7,19-20,22H,1-3,8-17H2;4-7,13,15H,1-3,8-11H2;2-5,9H,6-7H2,1H3,(H,12,13);7H,1-6H2,(H,9,11)/t19?,20-,22?;;9-;7-/m1.01/s1. The summed E-state index contributed by atoms with van der Waals surface area (Å²) < 4.78 is 67.4. The van der Waals surface area contributed by atoms with Crippen LogP contribution in [0.1, 0.15) is 69.8 Å². The number of rotatable bonds is 15. The number of nitrogens with one attached hydrogen (secondary N) is 2. The van der Waals surface area contributed by atoms with Crippen molar-refractivity contribution in [2.75, 3.05) is 123 Å². The number of cyclic esters (lactones) is 3. The number of carbonyl (C=O) groups excluding carboxylic acids is 3. The van der Waals surface area contributed by atoms with Crippen LogP contribution in [-0.4, -0.2) is 207 Å². The maximum Gasteiger partial charge on any atom is 0.414 e. The molecule has 434 valence electrons. The van der Waals surface area contributed by atoms with Crippen LogP contribution in [0.2, 0.25) is 0 Å². The van der Waals surface area contributed by atoms with Gasteiger partial charge in [0.05, 0.1) is 56.1 Å². The summed E-state index contributed by atoms with van der Waals surface area (Å²) in [5.41, 5.74) is 1.84. The van der Waals surface area contributed by atoms with Crippen molar-refractivity contribution in [3.8, 4) is 11.5 Å². The van der Waals surface area contributed by atoms with Crippen LogP contribution >= 0.6 is 22.6 Å². The molecule has 0 bridgehead atoms. The highest BCUT2D eigenvalue weighted by molar-refractivity contribution is 14.1. The zero-order valence-electron chi connectivity index (χ0n) is 45.6. The number of nitrogens with zero attached hydrogens (tertiary/aromatic N) is 5. The Bertz CT molecular complexity index is 2480. The molecule has 2 aliphatic carbocycles. The average Bonchev–Trinajstić information content (AvgIpc) is 4.24. The van der Waals surface area contributed by atoms with E-state index in [4.69, 9.17) is 32.6 Å². The molecule has 12 rings (SSSR count). The molecule has 0 spiro atoms. The number of amides is 3. The molecular weight excluding hydrogens is 1150 g/mol. The first kappa shape index (κ1) is 59.1. The van der Waals surface area contributed by atoms with Crippen LogP contribution < -0.4 is 25.0 Å². The van der Waals surface area contributed by atoms with E-state index in [1.54, 1.807) is 17.0 Å². The summed E-state index contributed by atoms with van der Waals surface area (Å²) in [6, 6.07) is 23.9. The van der Waals surface area contributed by atoms with E-state index in [9.17, 15) is 22.8 Å². The lowest BCUT2D eigenvalue weighted by Crippen LogP contribution is -2.50. The van der Waals surface area contributed by atoms with Gasteiger partial charge in [-0.3, -0.25) is 18.9 Å². The third kappa shape index (κ3) is 18.0. The van der Waals surface area contributed by atoms with Gasteiger partial charge in [0.15, 0.2) is 0 Å². The van der Waals surface area contributed by atoms with E-state index in [0.717, 1.165) is 107 Å². The number of ether oxygens (including phenoxy) is 7. The van der Waals surface area contributed by atoms with Gasteiger partial charge in [-0.2, -0.15) is 8.42 Å². The van der Waals surface area contributed by atoms with Crippen LogP contribution in [0.3, 0.4) is 0 Å². The lowest BCUT2D eigenvalue weighted by atomic mass is 9.86. The van der Waals surface area contributed by atoms with Crippen LogP contribution in [0.4, 0.5) is 20.1 Å². The summed E-state index contributed by atoms with van der Waals surface area (Å²) in [7, 11) is -3.79. The van der Waals surface area contributed by atoms with E-state index in [1.165, 1.54) is 93.2 Å². The molecule has 9 aliphatic rings. The number of morpholine rings is 2. The van der Waals surface area contributed by atoms with E-state index in [0.29, 0.717) is 31.5 Å². The van der Waals surface area contributed by atoms with Gasteiger partial charge in [0.1, 0.15) is 43.5 Å². The second kappa shape index (κ2) is 29.4. The molecule has 2 N–H and O–H groups in total. The van der Waals surface area contributed by atoms with Crippen molar-refractivity contribution in [2.45, 2.75) is 118 Å². The number of aryl methyl sites for hydroxylation is 1. The molecule has 7 heterocycles. The van der Waals surface area contributed by atoms with Crippen molar-refractivity contribution in [3.63, 3.8) is 0 Å². The highest BCUT2D eigenvalue weighted by atomic mass is 127. The SMILES string of the molecule is Cc1ccc(S(=O)(=O)OC[C@@H]2COC(=O)N2)cc1.Ic1ccc(OC2CC(N3CCCCC3)C2)cc1.O=C1N[C@H](CN2CCOCC2)CO1.O=C1OC[C@@H](CN2CCOCC2)N1c1ccc(OC2CC(N3CCCCC3)C2)cc1. The predicted molar refractivity (Wildman–Crippen MR) is 304 cm³/mol. The molecular formula is C57H80IN7O13S. The summed E-state index contributed by atoms with van der Waals surface area (Å²) in [6.45, 7) is 16.4. The Balaban J connectivity index is 0.000000134. The normalized spacial score (nSPS) is 27.5. The number of alkyl carbamates (subject to hydrolysis) is 2. The van der Waals surface area contributed by atoms with Gasteiger partial charge in [-0.1, -0.05) is 30.5 Å². The maximum atomic E-state index is 12.4. The fraction of sp³-hybridized carbons (Fsp3) is 0.632. The minimum Gasteiger partial charge on any atom is -0.490 e. The van der Waals surface area contributed by atoms with Crippen molar-refractivity contribution in [3.05, 3.63) is 81.9 Å². The zero-order chi connectivity index (χ0) is 55.0. The van der Waals surface area contributed by atoms with Crippen LogP contribution in [0.15, 0.2) is 77.7 Å². The van der Waals surface area contributed by atoms with Crippen LogP contribution in [0.5, 0.6) is 11.5 Å². The van der Waals surface area contributed by atoms with Gasteiger partial charge in [-0.05, 0) is 142 Å². The molecule has 22 heteroatoms. The molecule has 7 aliphatic heterocycles. The van der Waals surface area contributed by atoms with Gasteiger partial charge >= 0.3 is 18.3 Å². The number of hydrogen-bond donors (Lipinski definition) is 2. The van der Waals surface area contributed by atoms with Crippen LogP contribution in [0.25, 0.3) is 0 Å². The Morgan fingerprint density at radius 2 is 1.05 bits per heavy atom. The summed E-state index contributed by atoms with van der Waals surface area (Å²) in [4.78, 5) is 45.6. The monoisotopic (exact) mass is 1230 g/mol. The Hall–Kier alpha value is -4.53. The summed E-state index contributed by atoms with van der Waals surface area (Å²) in [5.74, 6) is 1.91. The topological polar surface area (TPSA) is 199 Å². The number of hydrogen-bond acceptors (Lipinski definition) is 17. The number of piperidine rings is 2. The average molecular weight is 1230 g/mol. The largest absolute Gasteiger partial charge is 0.490 e. The van der Waals surface area contributed by atoms with E-state index in [-0.39, 0.29) is 42.4 Å². The fourth-order valence-corrected chi connectivity index (χ4v) is 12.4. The zero-order valence-corrected chi connectivity index (χ0v) is 48.6. The van der Waals surface area contributed by atoms with Gasteiger partial charge < -0.3 is 53.6 Å². The van der Waals surface area contributed by atoms with Crippen molar-refractivity contribution in [2.24, 2.45) is 0 Å². The van der Waals surface area contributed by atoms with E-state index in [2.05, 4.69) is 81.8 Å². The first-order chi connectivity index (χ1) is 38.4. The minimum atomic E-state index is -3.79. The molecule has 79 heavy (non-hydrogen) atoms. The summed E-state index contributed by atoms with van der Waals surface area (Å²) in [5, 5.41) is 5.19. The number of likely N-dealkylation sites (tertiary alicyclic amines) is 2. The van der Waals surface area contributed by atoms with Gasteiger partial charge in [0, 0.05) is 86.3 Å². The lowest BCUT2D eigenvalue weighted by Gasteiger charge is -2.44. The van der Waals surface area contributed by atoms with Crippen LogP contribution in [-0.2, 0) is 38.0 Å². The molecule has 0 aromatic heterocycles. The number of benzene rings is 3. The summed E-state index contributed by atoms with van der Waals surface area (Å²) >= 11 is 2.32. The molecule has 7 saturated heterocycles. The first-order valence-electron chi connectivity index (χ1n) is 28.4. The molecule has 9 fully saturated rings. The van der Waals surface area contributed by atoms with Crippen molar-refractivity contribution in [1.82, 2.24) is 30.2 Å². The second-order valence-corrected chi connectivity index (χ2v) is 24.6. The lowest BCUT2D eigenvalue weighted by molar-refractivity contribution is 0.00877. The quantitative estimate of drug-likeness (QED) is 0.0929. The number of anilines is 1. The molecule has 3 amide bonds. The van der Waals surface area contributed by atoms with Gasteiger partial charge in [0.2, 0.25) is 0 Å². The number of carbonyl (C=O) groups is 3. The van der Waals surface area contributed by atoms with Gasteiger partial charge in [0.25, 0.3) is 10.1 Å². The Labute approximate surface area is 479 Å². The van der Waals surface area contributed by atoms with Gasteiger partial charge in [-0.25, -0.2) is 14.4 Å². The molecule has 0 radical (unpaired) electrons.